The van der Waals surface area contributed by atoms with E-state index in [2.05, 4.69) is 56.2 Å². The van der Waals surface area contributed by atoms with Gasteiger partial charge in [0.1, 0.15) is 22.8 Å². The van der Waals surface area contributed by atoms with E-state index in [4.69, 9.17) is 16.3 Å². The molecule has 332 valence electrons. The van der Waals surface area contributed by atoms with Crippen LogP contribution in [0.5, 0.6) is 11.5 Å². The summed E-state index contributed by atoms with van der Waals surface area (Å²) in [6.45, 7) is 9.02. The molecule has 1 saturated heterocycles. The average Bonchev–Trinajstić information content (AvgIpc) is 3.72. The van der Waals surface area contributed by atoms with Gasteiger partial charge in [-0.15, -0.1) is 0 Å². The van der Waals surface area contributed by atoms with Crippen molar-refractivity contribution in [3.63, 3.8) is 0 Å². The van der Waals surface area contributed by atoms with Gasteiger partial charge < -0.3 is 30.4 Å². The summed E-state index contributed by atoms with van der Waals surface area (Å²) in [4.78, 5) is 35.0. The first-order chi connectivity index (χ1) is 30.0. The molecule has 14 nitrogen and oxygen atoms in total. The van der Waals surface area contributed by atoms with Crippen LogP contribution in [-0.4, -0.2) is 72.1 Å². The van der Waals surface area contributed by atoms with E-state index in [0.29, 0.717) is 42.4 Å². The number of rotatable bonds is 13. The van der Waals surface area contributed by atoms with Crippen LogP contribution in [0.4, 0.5) is 17.1 Å². The van der Waals surface area contributed by atoms with Crippen LogP contribution in [0.25, 0.3) is 16.6 Å². The van der Waals surface area contributed by atoms with Gasteiger partial charge in [-0.05, 0) is 129 Å². The maximum Gasteiger partial charge on any atom is 0.293 e. The maximum absolute atomic E-state index is 14.1. The van der Waals surface area contributed by atoms with Crippen molar-refractivity contribution >= 4 is 61.2 Å². The highest BCUT2D eigenvalue weighted by Crippen LogP contribution is 2.45. The monoisotopic (exact) mass is 895 g/mol. The van der Waals surface area contributed by atoms with Crippen molar-refractivity contribution in [3.05, 3.63) is 117 Å². The number of pyridine rings is 1. The molecule has 5 aromatic rings. The molecule has 5 N–H and O–H groups in total. The molecular formula is C47H54ClN7O7S. The van der Waals surface area contributed by atoms with Crippen LogP contribution in [0.3, 0.4) is 0 Å². The SMILES string of the molecule is CC1(C)CCC(CC2CNCCN2c2ccc(C(=O)NS(=O)(=O)c3ccc(NCC4CCC(C)(O)CC4)c([N+](=O)[O-])c3)c(Oc3cnc4[nH]ccc4c3)c2)=C(c2ccc(Cl)cc2)C1. The molecule has 0 bridgehead atoms. The fourth-order valence-corrected chi connectivity index (χ4v) is 10.2. The zero-order valence-corrected chi connectivity index (χ0v) is 37.3. The Kier molecular flexibility index (Phi) is 12.6. The number of ether oxygens (including phenoxy) is 1. The molecule has 16 heteroatoms. The number of hydrogen-bond donors (Lipinski definition) is 5. The van der Waals surface area contributed by atoms with Crippen LogP contribution in [0, 0.1) is 21.4 Å². The lowest BCUT2D eigenvalue weighted by atomic mass is 9.71. The third-order valence-corrected chi connectivity index (χ3v) is 14.4. The number of nitrogens with zero attached hydrogens (tertiary/aromatic N) is 3. The molecule has 3 aliphatic rings. The molecular weight excluding hydrogens is 842 g/mol. The Morgan fingerprint density at radius 3 is 2.59 bits per heavy atom. The van der Waals surface area contributed by atoms with Gasteiger partial charge in [0.05, 0.1) is 27.2 Å². The molecule has 3 aromatic carbocycles. The molecule has 1 atom stereocenters. The second-order valence-electron chi connectivity index (χ2n) is 18.2. The first-order valence-electron chi connectivity index (χ1n) is 21.5. The largest absolute Gasteiger partial charge is 0.455 e. The van der Waals surface area contributed by atoms with Gasteiger partial charge in [0.15, 0.2) is 0 Å². The Bertz CT molecular complexity index is 2650. The number of piperazine rings is 1. The number of nitrogens with one attached hydrogen (secondary N) is 4. The number of carbonyl (C=O) groups excluding carboxylic acids is 1. The van der Waals surface area contributed by atoms with Gasteiger partial charge in [-0.2, -0.15) is 0 Å². The van der Waals surface area contributed by atoms with E-state index in [1.807, 2.05) is 25.1 Å². The number of aliphatic hydroxyl groups is 1. The first kappa shape index (κ1) is 44.1. The molecule has 2 aliphatic carbocycles. The Balaban J connectivity index is 1.07. The van der Waals surface area contributed by atoms with Gasteiger partial charge in [0.25, 0.3) is 21.6 Å². The number of hydrogen-bond acceptors (Lipinski definition) is 11. The number of halogens is 1. The smallest absolute Gasteiger partial charge is 0.293 e. The van der Waals surface area contributed by atoms with Crippen molar-refractivity contribution in [2.24, 2.45) is 11.3 Å². The van der Waals surface area contributed by atoms with Crippen molar-refractivity contribution in [2.75, 3.05) is 36.4 Å². The number of nitro groups is 1. The van der Waals surface area contributed by atoms with Crippen molar-refractivity contribution in [3.8, 4) is 11.5 Å². The average molecular weight is 897 g/mol. The van der Waals surface area contributed by atoms with Crippen molar-refractivity contribution in [1.29, 1.82) is 0 Å². The number of H-pyrrole nitrogens is 1. The summed E-state index contributed by atoms with van der Waals surface area (Å²) in [7, 11) is -4.60. The van der Waals surface area contributed by atoms with Crippen LogP contribution < -0.4 is 25.0 Å². The number of nitro benzene ring substituents is 1. The number of amides is 1. The number of aromatic amines is 1. The fourth-order valence-electron chi connectivity index (χ4n) is 9.12. The zero-order chi connectivity index (χ0) is 44.5. The summed E-state index contributed by atoms with van der Waals surface area (Å²) in [6, 6.07) is 20.4. The lowest BCUT2D eigenvalue weighted by molar-refractivity contribution is -0.384. The van der Waals surface area contributed by atoms with E-state index in [-0.39, 0.29) is 34.4 Å². The molecule has 0 radical (unpaired) electrons. The number of benzene rings is 3. The third-order valence-electron chi connectivity index (χ3n) is 12.8. The van der Waals surface area contributed by atoms with E-state index in [1.165, 1.54) is 35.0 Å². The van der Waals surface area contributed by atoms with Crippen molar-refractivity contribution in [2.45, 2.75) is 88.7 Å². The van der Waals surface area contributed by atoms with Gasteiger partial charge in [-0.3, -0.25) is 14.9 Å². The van der Waals surface area contributed by atoms with E-state index in [1.54, 1.807) is 30.5 Å². The normalized spacial score (nSPS) is 21.6. The number of sulfonamides is 1. The molecule has 1 saturated carbocycles. The minimum absolute atomic E-state index is 0.0512. The summed E-state index contributed by atoms with van der Waals surface area (Å²) in [5, 5.41) is 30.7. The Hall–Kier alpha value is -5.48. The third kappa shape index (κ3) is 10.3. The number of anilines is 2. The molecule has 1 unspecified atom stereocenters. The lowest BCUT2D eigenvalue weighted by Crippen LogP contribution is -2.51. The van der Waals surface area contributed by atoms with E-state index in [0.717, 1.165) is 68.8 Å². The van der Waals surface area contributed by atoms with Crippen LogP contribution in [-0.2, 0) is 10.0 Å². The van der Waals surface area contributed by atoms with Crippen LogP contribution >= 0.6 is 11.6 Å². The Morgan fingerprint density at radius 2 is 1.83 bits per heavy atom. The van der Waals surface area contributed by atoms with E-state index >= 15 is 0 Å². The van der Waals surface area contributed by atoms with E-state index in [9.17, 15) is 28.4 Å². The molecule has 2 fully saturated rings. The molecule has 8 rings (SSSR count). The second kappa shape index (κ2) is 17.9. The number of aromatic nitrogens is 2. The summed E-state index contributed by atoms with van der Waals surface area (Å²) < 4.78 is 36.2. The summed E-state index contributed by atoms with van der Waals surface area (Å²) >= 11 is 6.29. The lowest BCUT2D eigenvalue weighted by Gasteiger charge is -2.41. The Labute approximate surface area is 372 Å². The maximum atomic E-state index is 14.1. The van der Waals surface area contributed by atoms with Gasteiger partial charge >= 0.3 is 0 Å². The summed E-state index contributed by atoms with van der Waals surface area (Å²) in [5.41, 5.74) is 4.51. The molecule has 0 spiro atoms. The predicted molar refractivity (Wildman–Crippen MR) is 246 cm³/mol. The predicted octanol–water partition coefficient (Wildman–Crippen LogP) is 9.22. The minimum atomic E-state index is -4.60. The van der Waals surface area contributed by atoms with Crippen molar-refractivity contribution in [1.82, 2.24) is 20.0 Å². The quantitative estimate of drug-likeness (QED) is 0.0559. The molecule has 63 heavy (non-hydrogen) atoms. The van der Waals surface area contributed by atoms with E-state index < -0.39 is 37.0 Å². The number of fused-ring (bicyclic) bond motifs is 1. The van der Waals surface area contributed by atoms with Crippen LogP contribution in [0.15, 0.2) is 95.7 Å². The van der Waals surface area contributed by atoms with Crippen molar-refractivity contribution < 1.29 is 28.0 Å². The highest BCUT2D eigenvalue weighted by molar-refractivity contribution is 7.90. The first-order valence-corrected chi connectivity index (χ1v) is 23.4. The van der Waals surface area contributed by atoms with Gasteiger partial charge in [0.2, 0.25) is 0 Å². The summed E-state index contributed by atoms with van der Waals surface area (Å²) in [6.07, 6.45) is 9.88. The summed E-state index contributed by atoms with van der Waals surface area (Å²) in [5.74, 6) is -0.314. The topological polar surface area (TPSA) is 192 Å². The molecule has 1 amide bonds. The Morgan fingerprint density at radius 1 is 1.05 bits per heavy atom. The highest BCUT2D eigenvalue weighted by Gasteiger charge is 2.33. The highest BCUT2D eigenvalue weighted by atomic mass is 35.5. The van der Waals surface area contributed by atoms with Gasteiger partial charge in [0, 0.05) is 66.6 Å². The fraction of sp³-hybridized carbons (Fsp3) is 0.404. The minimum Gasteiger partial charge on any atom is -0.455 e. The van der Waals surface area contributed by atoms with Gasteiger partial charge in [-0.25, -0.2) is 18.1 Å². The second-order valence-corrected chi connectivity index (χ2v) is 20.4. The zero-order valence-electron chi connectivity index (χ0n) is 35.7. The van der Waals surface area contributed by atoms with Crippen LogP contribution in [0.2, 0.25) is 5.02 Å². The molecule has 1 aliphatic heterocycles. The molecule has 2 aromatic heterocycles. The van der Waals surface area contributed by atoms with Crippen LogP contribution in [0.1, 0.15) is 88.1 Å². The van der Waals surface area contributed by atoms with Gasteiger partial charge in [-0.1, -0.05) is 43.2 Å². The number of allylic oxidation sites excluding steroid dienone is 1. The standard InChI is InChI=1S/C47H54ClN7O7S/c1-46(2)16-14-32(40(26-46)31-4-6-34(48)7-5-31)22-36-28-49-20-21-54(36)35-8-10-39(43(24-35)62-37-23-33-15-19-50-44(33)52-29-37)45(56)53-63(60,61)38-9-11-41(42(25-38)55(58)59)51-27-30-12-17-47(3,57)18-13-30/h4-11,15,19,23-25,29-30,36,49,51,57H,12-14,16-18,20-22,26-28H2,1-3H3,(H,50,52)(H,53,56). The number of carbonyl (C=O) groups is 1. The molecule has 3 heterocycles.